The summed E-state index contributed by atoms with van der Waals surface area (Å²) in [6.07, 6.45) is 10.8. The molecule has 0 bridgehead atoms. The van der Waals surface area contributed by atoms with Crippen molar-refractivity contribution in [1.82, 2.24) is 43.9 Å². The summed E-state index contributed by atoms with van der Waals surface area (Å²) in [6, 6.07) is 14.3. The summed E-state index contributed by atoms with van der Waals surface area (Å²) in [5, 5.41) is 7.65. The number of halogens is 8. The Morgan fingerprint density at radius 1 is 0.578 bits per heavy atom. The van der Waals surface area contributed by atoms with Crippen molar-refractivity contribution in [2.75, 3.05) is 23.7 Å². The van der Waals surface area contributed by atoms with Gasteiger partial charge in [-0.1, -0.05) is 77.8 Å². The molecule has 4 aromatic carbocycles. The van der Waals surface area contributed by atoms with E-state index < -0.39 is 28.9 Å². The third-order valence-electron chi connectivity index (χ3n) is 14.2. The van der Waals surface area contributed by atoms with E-state index in [0.717, 1.165) is 55.5 Å². The number of hydrogen-bond acceptors (Lipinski definition) is 12. The van der Waals surface area contributed by atoms with E-state index in [4.69, 9.17) is 71.1 Å². The Labute approximate surface area is 497 Å². The van der Waals surface area contributed by atoms with Crippen molar-refractivity contribution in [2.45, 2.75) is 124 Å². The SMILES string of the molecule is CC(=O)Cc1cc(Cl)c(-c2nc3cnc(NCc4ccc(F)c(F)c4)nc3n2CC2CCCCC2)c(Cl)c1.CC(=O)Cc1cc(Cl)c(-c2nc3cnc(NCc4ccc(F)c(F)c4)nc3n2C[C@@H]2CCCN(C(=O)OC(C)(C)C)C2)c(Cl)c1. The average molecular weight is 1220 g/mol. The van der Waals surface area contributed by atoms with Crippen LogP contribution in [0.15, 0.2) is 73.1 Å². The van der Waals surface area contributed by atoms with Crippen LogP contribution in [0.1, 0.15) is 102 Å². The zero-order valence-corrected chi connectivity index (χ0v) is 49.4. The fraction of sp³-hybridized carbons (Fsp3) is 0.383. The van der Waals surface area contributed by atoms with E-state index in [2.05, 4.69) is 20.6 Å². The second-order valence-corrected chi connectivity index (χ2v) is 23.8. The topological polar surface area (TPSA) is 175 Å². The lowest BCUT2D eigenvalue weighted by Gasteiger charge is -2.34. The largest absolute Gasteiger partial charge is 0.444 e. The molecule has 0 radical (unpaired) electrons. The molecule has 1 aliphatic carbocycles. The van der Waals surface area contributed by atoms with Crippen LogP contribution in [-0.2, 0) is 53.3 Å². The zero-order valence-electron chi connectivity index (χ0n) is 46.4. The summed E-state index contributed by atoms with van der Waals surface area (Å²) in [7, 11) is 0. The molecule has 8 aromatic rings. The van der Waals surface area contributed by atoms with Gasteiger partial charge in [0, 0.05) is 52.1 Å². The van der Waals surface area contributed by atoms with Crippen LogP contribution >= 0.6 is 46.4 Å². The molecule has 83 heavy (non-hydrogen) atoms. The Morgan fingerprint density at radius 2 is 1.01 bits per heavy atom. The average Bonchev–Trinajstić information content (AvgIpc) is 4.04. The first-order chi connectivity index (χ1) is 39.5. The molecule has 0 unspecified atom stereocenters. The lowest BCUT2D eigenvalue weighted by atomic mass is 9.89. The molecule has 1 saturated carbocycles. The number of ketones is 2. The first-order valence-electron chi connectivity index (χ1n) is 27.3. The molecular formula is C60H61Cl4F4N11O4. The van der Waals surface area contributed by atoms with Crippen molar-refractivity contribution >= 4 is 98.3 Å². The molecule has 4 aromatic heterocycles. The molecule has 1 amide bonds. The van der Waals surface area contributed by atoms with E-state index in [1.54, 1.807) is 41.6 Å². The smallest absolute Gasteiger partial charge is 0.410 e. The predicted molar refractivity (Wildman–Crippen MR) is 315 cm³/mol. The van der Waals surface area contributed by atoms with Crippen LogP contribution in [0.4, 0.5) is 34.3 Å². The normalized spacial score (nSPS) is 14.9. The Kier molecular flexibility index (Phi) is 19.2. The van der Waals surface area contributed by atoms with Gasteiger partial charge in [0.25, 0.3) is 0 Å². The number of Topliss-reactive ketones (excluding diaryl/α,β-unsaturated/α-hetero) is 2. The second kappa shape index (κ2) is 26.3. The van der Waals surface area contributed by atoms with Gasteiger partial charge in [-0.15, -0.1) is 0 Å². The molecule has 1 saturated heterocycles. The molecule has 15 nitrogen and oxygen atoms in total. The van der Waals surface area contributed by atoms with Gasteiger partial charge in [0.05, 0.1) is 43.6 Å². The van der Waals surface area contributed by atoms with Gasteiger partial charge in [-0.2, -0.15) is 9.97 Å². The van der Waals surface area contributed by atoms with Crippen molar-refractivity contribution in [1.29, 1.82) is 0 Å². The summed E-state index contributed by atoms with van der Waals surface area (Å²) < 4.78 is 63.6. The molecule has 5 heterocycles. The van der Waals surface area contributed by atoms with Crippen LogP contribution in [0.3, 0.4) is 0 Å². The molecular weight excluding hydrogens is 1160 g/mol. The van der Waals surface area contributed by atoms with E-state index in [9.17, 15) is 31.9 Å². The lowest BCUT2D eigenvalue weighted by Crippen LogP contribution is -2.43. The van der Waals surface area contributed by atoms with E-state index in [-0.39, 0.29) is 55.5 Å². The van der Waals surface area contributed by atoms with E-state index >= 15 is 0 Å². The zero-order chi connectivity index (χ0) is 59.3. The Morgan fingerprint density at radius 3 is 1.43 bits per heavy atom. The standard InChI is InChI=1S/C32H34Cl2F2N6O3.C28H27Cl2F2N5O/c1-18(43)10-21-11-22(33)27(23(34)12-21)29-39-26-15-38-30(37-14-19-7-8-24(35)25(36)13-19)40-28(26)42(29)17-20-6-5-9-41(16-20)31(44)45-32(2,3)4;1-16(38)9-19-10-20(29)25(21(30)11-19)27-35-24-14-34-28(33-13-18-7-8-22(31)23(32)12-18)36-26(24)37(27)15-17-5-3-2-4-6-17/h7-8,11-13,15,20H,5-6,9-10,14,16-17H2,1-4H3,(H,37,38,40);7-8,10-12,14,17H,2-6,9,13,15H2,1H3,(H,33,34,36)/t20-;/m1./s1. The number of ether oxygens (including phenoxy) is 1. The summed E-state index contributed by atoms with van der Waals surface area (Å²) in [5.41, 5.74) is 5.19. The van der Waals surface area contributed by atoms with Crippen molar-refractivity contribution in [3.05, 3.63) is 139 Å². The first-order valence-corrected chi connectivity index (χ1v) is 28.8. The van der Waals surface area contributed by atoms with Gasteiger partial charge in [-0.25, -0.2) is 42.3 Å². The molecule has 2 N–H and O–H groups in total. The number of amides is 1. The third-order valence-corrected chi connectivity index (χ3v) is 15.4. The number of hydrogen-bond donors (Lipinski definition) is 2. The minimum absolute atomic E-state index is 0.0207. The highest BCUT2D eigenvalue weighted by Gasteiger charge is 2.31. The number of likely N-dealkylation sites (tertiary alicyclic amines) is 1. The van der Waals surface area contributed by atoms with Crippen LogP contribution in [0.5, 0.6) is 0 Å². The van der Waals surface area contributed by atoms with Gasteiger partial charge in [0.1, 0.15) is 39.8 Å². The van der Waals surface area contributed by atoms with E-state index in [0.29, 0.717) is 120 Å². The quantitative estimate of drug-likeness (QED) is 0.0878. The Hall–Kier alpha value is -6.93. The third kappa shape index (κ3) is 15.3. The van der Waals surface area contributed by atoms with E-state index in [1.165, 1.54) is 45.2 Å². The summed E-state index contributed by atoms with van der Waals surface area (Å²) in [4.78, 5) is 65.9. The molecule has 2 fully saturated rings. The molecule has 10 rings (SSSR count). The van der Waals surface area contributed by atoms with Crippen molar-refractivity contribution in [3.8, 4) is 22.8 Å². The molecule has 23 heteroatoms. The maximum absolute atomic E-state index is 13.7. The maximum atomic E-state index is 13.7. The van der Waals surface area contributed by atoms with Crippen LogP contribution in [-0.4, -0.2) is 80.3 Å². The number of imidazole rings is 2. The van der Waals surface area contributed by atoms with Crippen molar-refractivity contribution < 1.29 is 36.7 Å². The number of benzene rings is 4. The van der Waals surface area contributed by atoms with Crippen LogP contribution in [0.25, 0.3) is 45.1 Å². The summed E-state index contributed by atoms with van der Waals surface area (Å²) >= 11 is 27.0. The molecule has 1 aliphatic heterocycles. The number of aromatic nitrogens is 8. The van der Waals surface area contributed by atoms with Crippen LogP contribution < -0.4 is 10.6 Å². The van der Waals surface area contributed by atoms with Gasteiger partial charge >= 0.3 is 6.09 Å². The number of rotatable bonds is 16. The highest BCUT2D eigenvalue weighted by atomic mass is 35.5. The number of fused-ring (bicyclic) bond motifs is 2. The van der Waals surface area contributed by atoms with Gasteiger partial charge in [0.2, 0.25) is 11.9 Å². The first kappa shape index (κ1) is 60.7. The van der Waals surface area contributed by atoms with Crippen LogP contribution in [0, 0.1) is 35.1 Å². The number of carbonyl (C=O) groups excluding carboxylic acids is 3. The minimum atomic E-state index is -0.940. The minimum Gasteiger partial charge on any atom is -0.444 e. The van der Waals surface area contributed by atoms with Gasteiger partial charge in [-0.05, 0) is 143 Å². The van der Waals surface area contributed by atoms with Gasteiger partial charge < -0.3 is 29.4 Å². The molecule has 0 spiro atoms. The number of nitrogens with one attached hydrogen (secondary N) is 2. The van der Waals surface area contributed by atoms with Crippen LogP contribution in [0.2, 0.25) is 20.1 Å². The van der Waals surface area contributed by atoms with Crippen molar-refractivity contribution in [3.63, 3.8) is 0 Å². The van der Waals surface area contributed by atoms with Gasteiger partial charge in [-0.3, -0.25) is 9.59 Å². The van der Waals surface area contributed by atoms with Crippen molar-refractivity contribution in [2.24, 2.45) is 11.8 Å². The molecule has 2 aliphatic rings. The monoisotopic (exact) mass is 1220 g/mol. The van der Waals surface area contributed by atoms with Gasteiger partial charge in [0.15, 0.2) is 34.6 Å². The number of nitrogens with zero attached hydrogens (tertiary/aromatic N) is 9. The Balaban J connectivity index is 0.000000202. The fourth-order valence-electron chi connectivity index (χ4n) is 10.4. The highest BCUT2D eigenvalue weighted by Crippen LogP contribution is 2.40. The summed E-state index contributed by atoms with van der Waals surface area (Å²) in [6.45, 7) is 11.1. The summed E-state index contributed by atoms with van der Waals surface area (Å²) in [5.74, 6) is -1.50. The molecule has 1 atom stereocenters. The molecule has 436 valence electrons. The lowest BCUT2D eigenvalue weighted by molar-refractivity contribution is -0.117. The fourth-order valence-corrected chi connectivity index (χ4v) is 11.8. The maximum Gasteiger partial charge on any atom is 0.410 e. The van der Waals surface area contributed by atoms with E-state index in [1.807, 2.05) is 29.9 Å². The highest BCUT2D eigenvalue weighted by molar-refractivity contribution is 6.40. The Bertz CT molecular complexity index is 3690. The number of piperidine rings is 1. The predicted octanol–water partition coefficient (Wildman–Crippen LogP) is 14.9. The number of carbonyl (C=O) groups is 3. The number of anilines is 2. The second-order valence-electron chi connectivity index (χ2n) is 22.2.